The molecule has 0 heterocycles. The van der Waals surface area contributed by atoms with Crippen LogP contribution in [-0.4, -0.2) is 20.8 Å². The fourth-order valence-corrected chi connectivity index (χ4v) is 2.92. The Morgan fingerprint density at radius 2 is 1.67 bits per heavy atom. The molecule has 2 aromatic carbocycles. The molecule has 0 fully saturated rings. The standard InChI is InChI=1S/C16H15NO3S/c17-11-10-14-6-8-15(9-7-14)20-12-13-21(18,19)16-4-2-1-3-5-16/h1-9H,10,12-13H2. The van der Waals surface area contributed by atoms with Gasteiger partial charge in [-0.3, -0.25) is 0 Å². The maximum Gasteiger partial charge on any atom is 0.181 e. The number of rotatable bonds is 6. The zero-order valence-corrected chi connectivity index (χ0v) is 12.2. The average Bonchev–Trinajstić information content (AvgIpc) is 2.50. The summed E-state index contributed by atoms with van der Waals surface area (Å²) in [6.07, 6.45) is 0.350. The van der Waals surface area contributed by atoms with Gasteiger partial charge in [-0.25, -0.2) is 8.42 Å². The summed E-state index contributed by atoms with van der Waals surface area (Å²) in [5, 5.41) is 8.58. The Bertz CT molecular complexity index is 716. The Labute approximate surface area is 124 Å². The smallest absolute Gasteiger partial charge is 0.181 e. The summed E-state index contributed by atoms with van der Waals surface area (Å²) in [4.78, 5) is 0.304. The quantitative estimate of drug-likeness (QED) is 0.822. The second kappa shape index (κ2) is 6.91. The molecule has 4 nitrogen and oxygen atoms in total. The van der Waals surface area contributed by atoms with E-state index >= 15 is 0 Å². The molecule has 0 aromatic heterocycles. The first-order chi connectivity index (χ1) is 10.1. The van der Waals surface area contributed by atoms with Crippen LogP contribution in [0.2, 0.25) is 0 Å². The van der Waals surface area contributed by atoms with Gasteiger partial charge in [0.2, 0.25) is 0 Å². The number of hydrogen-bond acceptors (Lipinski definition) is 4. The highest BCUT2D eigenvalue weighted by Gasteiger charge is 2.13. The van der Waals surface area contributed by atoms with Crippen molar-refractivity contribution in [3.05, 3.63) is 60.2 Å². The van der Waals surface area contributed by atoms with Gasteiger partial charge in [0, 0.05) is 0 Å². The lowest BCUT2D eigenvalue weighted by Gasteiger charge is -2.07. The van der Waals surface area contributed by atoms with E-state index in [9.17, 15) is 8.42 Å². The van der Waals surface area contributed by atoms with Gasteiger partial charge < -0.3 is 4.74 Å². The normalized spacial score (nSPS) is 10.8. The van der Waals surface area contributed by atoms with E-state index in [0.717, 1.165) is 5.56 Å². The van der Waals surface area contributed by atoms with Crippen LogP contribution in [-0.2, 0) is 16.3 Å². The molecule has 2 aromatic rings. The molecule has 0 amide bonds. The van der Waals surface area contributed by atoms with Crippen molar-refractivity contribution in [2.75, 3.05) is 12.4 Å². The zero-order valence-electron chi connectivity index (χ0n) is 11.4. The molecule has 0 saturated carbocycles. The van der Waals surface area contributed by atoms with E-state index in [1.807, 2.05) is 0 Å². The van der Waals surface area contributed by atoms with Crippen molar-refractivity contribution in [3.63, 3.8) is 0 Å². The summed E-state index contributed by atoms with van der Waals surface area (Å²) >= 11 is 0. The van der Waals surface area contributed by atoms with Crippen LogP contribution < -0.4 is 4.74 Å². The van der Waals surface area contributed by atoms with Crippen LogP contribution in [0.25, 0.3) is 0 Å². The van der Waals surface area contributed by atoms with Gasteiger partial charge in [0.05, 0.1) is 23.1 Å². The molecule has 0 spiro atoms. The predicted molar refractivity (Wildman–Crippen MR) is 79.7 cm³/mol. The molecule has 0 N–H and O–H groups in total. The van der Waals surface area contributed by atoms with Crippen LogP contribution in [0.1, 0.15) is 5.56 Å². The van der Waals surface area contributed by atoms with E-state index in [4.69, 9.17) is 10.00 Å². The van der Waals surface area contributed by atoms with Crippen molar-refractivity contribution in [1.82, 2.24) is 0 Å². The number of hydrogen-bond donors (Lipinski definition) is 0. The monoisotopic (exact) mass is 301 g/mol. The maximum atomic E-state index is 12.0. The number of nitrogens with zero attached hydrogens (tertiary/aromatic N) is 1. The second-order valence-electron chi connectivity index (χ2n) is 4.46. The van der Waals surface area contributed by atoms with Crippen molar-refractivity contribution < 1.29 is 13.2 Å². The summed E-state index contributed by atoms with van der Waals surface area (Å²) in [6.45, 7) is 0.0921. The SMILES string of the molecule is N#CCc1ccc(OCCS(=O)(=O)c2ccccc2)cc1. The van der Waals surface area contributed by atoms with Crippen molar-refractivity contribution in [2.24, 2.45) is 0 Å². The lowest BCUT2D eigenvalue weighted by Crippen LogP contribution is -2.14. The van der Waals surface area contributed by atoms with Gasteiger partial charge in [0.25, 0.3) is 0 Å². The second-order valence-corrected chi connectivity index (χ2v) is 6.57. The molecular weight excluding hydrogens is 286 g/mol. The molecule has 0 atom stereocenters. The van der Waals surface area contributed by atoms with E-state index in [1.165, 1.54) is 0 Å². The Hall–Kier alpha value is -2.32. The van der Waals surface area contributed by atoms with Crippen LogP contribution in [0.15, 0.2) is 59.5 Å². The first kappa shape index (κ1) is 15.1. The lowest BCUT2D eigenvalue weighted by molar-refractivity contribution is 0.341. The third-order valence-electron chi connectivity index (χ3n) is 2.93. The highest BCUT2D eigenvalue weighted by atomic mass is 32.2. The lowest BCUT2D eigenvalue weighted by atomic mass is 10.2. The minimum atomic E-state index is -3.32. The number of benzene rings is 2. The molecule has 108 valence electrons. The van der Waals surface area contributed by atoms with Crippen LogP contribution in [0.3, 0.4) is 0 Å². The fraction of sp³-hybridized carbons (Fsp3) is 0.188. The molecule has 0 unspecified atom stereocenters. The molecule has 5 heteroatoms. The van der Waals surface area contributed by atoms with E-state index in [2.05, 4.69) is 6.07 Å². The molecule has 0 radical (unpaired) electrons. The molecule has 0 aliphatic heterocycles. The molecule has 0 saturated heterocycles. The molecule has 2 rings (SSSR count). The Kier molecular flexibility index (Phi) is 4.96. The van der Waals surface area contributed by atoms with E-state index in [-0.39, 0.29) is 12.4 Å². The molecular formula is C16H15NO3S. The predicted octanol–water partition coefficient (Wildman–Crippen LogP) is 2.61. The van der Waals surface area contributed by atoms with E-state index < -0.39 is 9.84 Å². The fourth-order valence-electron chi connectivity index (χ4n) is 1.81. The Morgan fingerprint density at radius 3 is 2.29 bits per heavy atom. The van der Waals surface area contributed by atoms with Gasteiger partial charge >= 0.3 is 0 Å². The van der Waals surface area contributed by atoms with Crippen LogP contribution in [0.4, 0.5) is 0 Å². The minimum absolute atomic E-state index is 0.0725. The van der Waals surface area contributed by atoms with Crippen molar-refractivity contribution in [2.45, 2.75) is 11.3 Å². The third-order valence-corrected chi connectivity index (χ3v) is 4.62. The third kappa shape index (κ3) is 4.33. The van der Waals surface area contributed by atoms with Gasteiger partial charge in [-0.1, -0.05) is 30.3 Å². The highest BCUT2D eigenvalue weighted by molar-refractivity contribution is 7.91. The van der Waals surface area contributed by atoms with Gasteiger partial charge in [-0.05, 0) is 29.8 Å². The number of ether oxygens (including phenoxy) is 1. The molecule has 21 heavy (non-hydrogen) atoms. The van der Waals surface area contributed by atoms with Gasteiger partial charge in [-0.2, -0.15) is 5.26 Å². The van der Waals surface area contributed by atoms with Gasteiger partial charge in [-0.15, -0.1) is 0 Å². The average molecular weight is 301 g/mol. The first-order valence-corrected chi connectivity index (χ1v) is 8.13. The van der Waals surface area contributed by atoms with Crippen molar-refractivity contribution in [1.29, 1.82) is 5.26 Å². The van der Waals surface area contributed by atoms with Crippen LogP contribution in [0.5, 0.6) is 5.75 Å². The summed E-state index contributed by atoms with van der Waals surface area (Å²) in [7, 11) is -3.32. The number of nitriles is 1. The van der Waals surface area contributed by atoms with Gasteiger partial charge in [0.15, 0.2) is 9.84 Å². The maximum absolute atomic E-state index is 12.0. The van der Waals surface area contributed by atoms with Crippen molar-refractivity contribution in [3.8, 4) is 11.8 Å². The molecule has 0 aliphatic carbocycles. The summed E-state index contributed by atoms with van der Waals surface area (Å²) in [5.41, 5.74) is 0.904. The topological polar surface area (TPSA) is 67.2 Å². The van der Waals surface area contributed by atoms with Crippen molar-refractivity contribution >= 4 is 9.84 Å². The van der Waals surface area contributed by atoms with E-state index in [0.29, 0.717) is 17.1 Å². The summed E-state index contributed by atoms with van der Waals surface area (Å²) in [6, 6.07) is 17.5. The van der Waals surface area contributed by atoms with E-state index in [1.54, 1.807) is 54.6 Å². The molecule has 0 aliphatic rings. The minimum Gasteiger partial charge on any atom is -0.493 e. The Morgan fingerprint density at radius 1 is 1.00 bits per heavy atom. The summed E-state index contributed by atoms with van der Waals surface area (Å²) in [5.74, 6) is 0.525. The Balaban J connectivity index is 1.91. The summed E-state index contributed by atoms with van der Waals surface area (Å²) < 4.78 is 29.5. The first-order valence-electron chi connectivity index (χ1n) is 6.48. The van der Waals surface area contributed by atoms with Crippen LogP contribution in [0, 0.1) is 11.3 Å². The van der Waals surface area contributed by atoms with Crippen LogP contribution >= 0.6 is 0 Å². The zero-order chi connectivity index (χ0) is 15.1. The largest absolute Gasteiger partial charge is 0.493 e. The highest BCUT2D eigenvalue weighted by Crippen LogP contribution is 2.14. The number of sulfone groups is 1. The van der Waals surface area contributed by atoms with Gasteiger partial charge in [0.1, 0.15) is 12.4 Å². The molecule has 0 bridgehead atoms.